The molecule has 2 rings (SSSR count). The Morgan fingerprint density at radius 1 is 1.16 bits per heavy atom. The Hall–Kier alpha value is -1.32. The van der Waals surface area contributed by atoms with Crippen molar-refractivity contribution < 1.29 is 5.11 Å². The summed E-state index contributed by atoms with van der Waals surface area (Å²) in [7, 11) is 0. The van der Waals surface area contributed by atoms with Crippen LogP contribution in [0.2, 0.25) is 5.02 Å². The molecule has 0 heterocycles. The zero-order chi connectivity index (χ0) is 13.7. The van der Waals surface area contributed by atoms with E-state index >= 15 is 0 Å². The first-order chi connectivity index (χ1) is 9.22. The van der Waals surface area contributed by atoms with E-state index < -0.39 is 0 Å². The van der Waals surface area contributed by atoms with Crippen LogP contribution in [0.3, 0.4) is 0 Å². The molecule has 2 aromatic rings. The molecule has 2 nitrogen and oxygen atoms in total. The van der Waals surface area contributed by atoms with Crippen molar-refractivity contribution in [3.05, 3.63) is 53.1 Å². The fraction of sp³-hybridized carbons (Fsp3) is 0.200. The number of halogens is 1. The number of phenolic OH excluding ortho intramolecular Hbond substituents is 1. The van der Waals surface area contributed by atoms with Gasteiger partial charge in [0.15, 0.2) is 0 Å². The molecule has 4 heteroatoms. The van der Waals surface area contributed by atoms with Crippen molar-refractivity contribution in [2.45, 2.75) is 18.4 Å². The average molecular weight is 294 g/mol. The third kappa shape index (κ3) is 3.58. The molecule has 2 N–H and O–H groups in total. The first-order valence-electron chi connectivity index (χ1n) is 6.14. The van der Waals surface area contributed by atoms with Crippen molar-refractivity contribution in [1.82, 2.24) is 0 Å². The van der Waals surface area contributed by atoms with Crippen LogP contribution in [0.25, 0.3) is 0 Å². The molecule has 0 amide bonds. The van der Waals surface area contributed by atoms with Crippen molar-refractivity contribution in [1.29, 1.82) is 0 Å². The molecule has 19 heavy (non-hydrogen) atoms. The third-order valence-electron chi connectivity index (χ3n) is 2.74. The largest absolute Gasteiger partial charge is 0.508 e. The lowest BCUT2D eigenvalue weighted by atomic mass is 10.2. The minimum absolute atomic E-state index is 0.223. The van der Waals surface area contributed by atoms with Crippen molar-refractivity contribution >= 4 is 29.1 Å². The van der Waals surface area contributed by atoms with E-state index in [1.807, 2.05) is 18.2 Å². The summed E-state index contributed by atoms with van der Waals surface area (Å²) in [5.74, 6) is 1.25. The Labute approximate surface area is 122 Å². The first kappa shape index (κ1) is 14.1. The normalized spacial score (nSPS) is 10.4. The number of hydrogen-bond donors (Lipinski definition) is 2. The molecule has 100 valence electrons. The quantitative estimate of drug-likeness (QED) is 0.779. The molecular weight excluding hydrogens is 278 g/mol. The topological polar surface area (TPSA) is 32.3 Å². The zero-order valence-corrected chi connectivity index (χ0v) is 12.3. The van der Waals surface area contributed by atoms with Crippen molar-refractivity contribution in [3.8, 4) is 5.75 Å². The predicted octanol–water partition coefficient (Wildman–Crippen LogP) is 4.77. The van der Waals surface area contributed by atoms with Crippen LogP contribution in [0.5, 0.6) is 5.75 Å². The molecule has 0 unspecified atom stereocenters. The van der Waals surface area contributed by atoms with Gasteiger partial charge in [-0.05, 0) is 30.0 Å². The standard InChI is InChI=1S/C15H16ClNOS/c1-2-19-15-9-4-3-7-13(15)17-10-11-12(16)6-5-8-14(11)18/h3-9,17-18H,2,10H2,1H3. The van der Waals surface area contributed by atoms with Crippen LogP contribution >= 0.6 is 23.4 Å². The maximum atomic E-state index is 9.81. The van der Waals surface area contributed by atoms with Crippen LogP contribution in [-0.2, 0) is 6.54 Å². The lowest BCUT2D eigenvalue weighted by Gasteiger charge is -2.12. The van der Waals surface area contributed by atoms with Gasteiger partial charge in [0, 0.05) is 27.7 Å². The molecule has 0 radical (unpaired) electrons. The summed E-state index contributed by atoms with van der Waals surface area (Å²) in [6.07, 6.45) is 0. The summed E-state index contributed by atoms with van der Waals surface area (Å²) in [6.45, 7) is 2.63. The summed E-state index contributed by atoms with van der Waals surface area (Å²) in [5.41, 5.74) is 1.79. The van der Waals surface area contributed by atoms with E-state index in [4.69, 9.17) is 11.6 Å². The highest BCUT2D eigenvalue weighted by molar-refractivity contribution is 7.99. The molecule has 0 aliphatic rings. The monoisotopic (exact) mass is 293 g/mol. The van der Waals surface area contributed by atoms with Gasteiger partial charge in [-0.2, -0.15) is 0 Å². The van der Waals surface area contributed by atoms with Gasteiger partial charge >= 0.3 is 0 Å². The molecule has 0 aliphatic heterocycles. The molecule has 0 bridgehead atoms. The van der Waals surface area contributed by atoms with Crippen molar-refractivity contribution in [3.63, 3.8) is 0 Å². The van der Waals surface area contributed by atoms with Gasteiger partial charge in [-0.3, -0.25) is 0 Å². The number of aromatic hydroxyl groups is 1. The molecule has 0 saturated carbocycles. The van der Waals surface area contributed by atoms with Gasteiger partial charge in [-0.25, -0.2) is 0 Å². The van der Waals surface area contributed by atoms with Crippen LogP contribution in [0.4, 0.5) is 5.69 Å². The van der Waals surface area contributed by atoms with Gasteiger partial charge < -0.3 is 10.4 Å². The van der Waals surface area contributed by atoms with E-state index in [0.717, 1.165) is 17.0 Å². The van der Waals surface area contributed by atoms with Gasteiger partial charge in [0.2, 0.25) is 0 Å². The van der Waals surface area contributed by atoms with E-state index in [1.165, 1.54) is 4.90 Å². The fourth-order valence-electron chi connectivity index (χ4n) is 1.80. The minimum atomic E-state index is 0.223. The molecule has 0 atom stereocenters. The summed E-state index contributed by atoms with van der Waals surface area (Å²) in [4.78, 5) is 1.21. The van der Waals surface area contributed by atoms with Crippen LogP contribution in [0.1, 0.15) is 12.5 Å². The van der Waals surface area contributed by atoms with Gasteiger partial charge in [-0.1, -0.05) is 36.7 Å². The maximum absolute atomic E-state index is 9.81. The van der Waals surface area contributed by atoms with Crippen LogP contribution in [0, 0.1) is 0 Å². The van der Waals surface area contributed by atoms with Gasteiger partial charge in [0.1, 0.15) is 5.75 Å². The van der Waals surface area contributed by atoms with E-state index in [0.29, 0.717) is 11.6 Å². The highest BCUT2D eigenvalue weighted by Crippen LogP contribution is 2.29. The molecule has 0 aromatic heterocycles. The van der Waals surface area contributed by atoms with E-state index in [-0.39, 0.29) is 5.75 Å². The maximum Gasteiger partial charge on any atom is 0.122 e. The SMILES string of the molecule is CCSc1ccccc1NCc1c(O)cccc1Cl. The minimum Gasteiger partial charge on any atom is -0.508 e. The number of benzene rings is 2. The number of thioether (sulfide) groups is 1. The Morgan fingerprint density at radius 3 is 2.68 bits per heavy atom. The molecule has 2 aromatic carbocycles. The van der Waals surface area contributed by atoms with Gasteiger partial charge in [0.25, 0.3) is 0 Å². The number of hydrogen-bond acceptors (Lipinski definition) is 3. The summed E-state index contributed by atoms with van der Waals surface area (Å²) >= 11 is 7.88. The highest BCUT2D eigenvalue weighted by Gasteiger charge is 2.07. The van der Waals surface area contributed by atoms with Gasteiger partial charge in [-0.15, -0.1) is 11.8 Å². The lowest BCUT2D eigenvalue weighted by molar-refractivity contribution is 0.469. The second-order valence-corrected chi connectivity index (χ2v) is 5.73. The van der Waals surface area contributed by atoms with Crippen molar-refractivity contribution in [2.24, 2.45) is 0 Å². The van der Waals surface area contributed by atoms with Crippen LogP contribution in [-0.4, -0.2) is 10.9 Å². The fourth-order valence-corrected chi connectivity index (χ4v) is 2.82. The Kier molecular flexibility index (Phi) is 5.00. The Bertz CT molecular complexity index is 539. The molecule has 0 fully saturated rings. The lowest BCUT2D eigenvalue weighted by Crippen LogP contribution is -2.01. The number of phenols is 1. The number of para-hydroxylation sites is 1. The number of nitrogens with one attached hydrogen (secondary N) is 1. The smallest absolute Gasteiger partial charge is 0.122 e. The van der Waals surface area contributed by atoms with E-state index in [1.54, 1.807) is 30.0 Å². The third-order valence-corrected chi connectivity index (χ3v) is 4.05. The summed E-state index contributed by atoms with van der Waals surface area (Å²) in [5, 5.41) is 13.7. The molecular formula is C15H16ClNOS. The van der Waals surface area contributed by atoms with Crippen molar-refractivity contribution in [2.75, 3.05) is 11.1 Å². The first-order valence-corrected chi connectivity index (χ1v) is 7.50. The number of anilines is 1. The van der Waals surface area contributed by atoms with Gasteiger partial charge in [0.05, 0.1) is 0 Å². The predicted molar refractivity (Wildman–Crippen MR) is 83.3 cm³/mol. The Morgan fingerprint density at radius 2 is 1.95 bits per heavy atom. The number of rotatable bonds is 5. The van der Waals surface area contributed by atoms with E-state index in [2.05, 4.69) is 18.3 Å². The average Bonchev–Trinajstić information content (AvgIpc) is 2.40. The Balaban J connectivity index is 2.15. The van der Waals surface area contributed by atoms with Crippen LogP contribution in [0.15, 0.2) is 47.4 Å². The zero-order valence-electron chi connectivity index (χ0n) is 10.7. The highest BCUT2D eigenvalue weighted by atomic mass is 35.5. The molecule has 0 aliphatic carbocycles. The summed E-state index contributed by atoms with van der Waals surface area (Å²) < 4.78 is 0. The van der Waals surface area contributed by atoms with E-state index in [9.17, 15) is 5.11 Å². The molecule has 0 spiro atoms. The molecule has 0 saturated heterocycles. The van der Waals surface area contributed by atoms with Crippen LogP contribution < -0.4 is 5.32 Å². The second kappa shape index (κ2) is 6.73. The summed E-state index contributed by atoms with van der Waals surface area (Å²) in [6, 6.07) is 13.3. The second-order valence-electron chi connectivity index (χ2n) is 4.02.